The van der Waals surface area contributed by atoms with Crippen LogP contribution in [-0.4, -0.2) is 41.0 Å². The number of allylic oxidation sites excluding steroid dienone is 2. The number of carbonyl (C=O) groups excluding carboxylic acids is 2. The second-order valence-electron chi connectivity index (χ2n) is 14.0. The molecule has 0 spiro atoms. The van der Waals surface area contributed by atoms with E-state index in [0.717, 1.165) is 44.9 Å². The Bertz CT molecular complexity index is 812. The van der Waals surface area contributed by atoms with Crippen LogP contribution in [0, 0.1) is 0 Å². The van der Waals surface area contributed by atoms with Crippen molar-refractivity contribution in [2.45, 2.75) is 219 Å². The van der Waals surface area contributed by atoms with Crippen LogP contribution in [0.2, 0.25) is 0 Å². The van der Waals surface area contributed by atoms with Gasteiger partial charge in [0.2, 0.25) is 0 Å². The first-order valence-electron chi connectivity index (χ1n) is 20.5. The van der Waals surface area contributed by atoms with Crippen LogP contribution in [0.1, 0.15) is 213 Å². The Morgan fingerprint density at radius 1 is 0.510 bits per heavy atom. The number of rotatable bonds is 38. The number of phosphoric acid groups is 1. The third kappa shape index (κ3) is 39.4. The first-order valence-corrected chi connectivity index (χ1v) is 22.0. The van der Waals surface area contributed by atoms with Gasteiger partial charge in [-0.2, -0.15) is 0 Å². The lowest BCUT2D eigenvalue weighted by molar-refractivity contribution is -0.161. The van der Waals surface area contributed by atoms with Gasteiger partial charge in [0, 0.05) is 12.8 Å². The van der Waals surface area contributed by atoms with Crippen molar-refractivity contribution in [1.82, 2.24) is 0 Å². The van der Waals surface area contributed by atoms with Gasteiger partial charge >= 0.3 is 19.8 Å². The maximum absolute atomic E-state index is 12.4. The molecule has 0 aromatic rings. The highest BCUT2D eigenvalue weighted by molar-refractivity contribution is 7.46. The number of hydrogen-bond acceptors (Lipinski definition) is 6. The fourth-order valence-electron chi connectivity index (χ4n) is 5.96. The molecule has 0 heterocycles. The highest BCUT2D eigenvalue weighted by Crippen LogP contribution is 2.36. The number of carbonyl (C=O) groups is 2. The largest absolute Gasteiger partial charge is 0.469 e. The van der Waals surface area contributed by atoms with Crippen molar-refractivity contribution in [2.75, 3.05) is 13.2 Å². The van der Waals surface area contributed by atoms with Crippen molar-refractivity contribution < 1.29 is 37.9 Å². The SMILES string of the molecule is CCCCC/C=C/CCCCCCCC(=O)OC[C@H](COP(=O)(O)O)OC(=O)CCCCCCCCCCCCCCCCCCCCC. The molecule has 0 aliphatic heterocycles. The van der Waals surface area contributed by atoms with Gasteiger partial charge in [0.05, 0.1) is 6.61 Å². The molecule has 290 valence electrons. The summed E-state index contributed by atoms with van der Waals surface area (Å²) in [6, 6.07) is 0. The highest BCUT2D eigenvalue weighted by atomic mass is 31.2. The van der Waals surface area contributed by atoms with Gasteiger partial charge in [0.15, 0.2) is 6.10 Å². The van der Waals surface area contributed by atoms with Gasteiger partial charge in [0.25, 0.3) is 0 Å². The average molecular weight is 717 g/mol. The maximum atomic E-state index is 12.4. The molecule has 0 amide bonds. The molecule has 0 aromatic carbocycles. The quantitative estimate of drug-likeness (QED) is 0.0280. The van der Waals surface area contributed by atoms with Gasteiger partial charge in [-0.05, 0) is 38.5 Å². The van der Waals surface area contributed by atoms with Crippen molar-refractivity contribution in [3.63, 3.8) is 0 Å². The van der Waals surface area contributed by atoms with E-state index in [-0.39, 0.29) is 19.4 Å². The zero-order valence-electron chi connectivity index (χ0n) is 31.9. The predicted octanol–water partition coefficient (Wildman–Crippen LogP) is 12.2. The zero-order chi connectivity index (χ0) is 36.1. The van der Waals surface area contributed by atoms with E-state index in [1.807, 2.05) is 0 Å². The van der Waals surface area contributed by atoms with E-state index in [1.165, 1.54) is 128 Å². The summed E-state index contributed by atoms with van der Waals surface area (Å²) in [5.41, 5.74) is 0. The lowest BCUT2D eigenvalue weighted by Gasteiger charge is -2.18. The lowest BCUT2D eigenvalue weighted by Crippen LogP contribution is -2.29. The number of ether oxygens (including phenoxy) is 2. The first kappa shape index (κ1) is 47.8. The van der Waals surface area contributed by atoms with E-state index in [1.54, 1.807) is 0 Å². The van der Waals surface area contributed by atoms with Crippen LogP contribution in [0.4, 0.5) is 0 Å². The summed E-state index contributed by atoms with van der Waals surface area (Å²) in [7, 11) is -4.75. The van der Waals surface area contributed by atoms with Crippen molar-refractivity contribution in [1.29, 1.82) is 0 Å². The summed E-state index contributed by atoms with van der Waals surface area (Å²) in [6.07, 6.45) is 39.4. The van der Waals surface area contributed by atoms with Crippen LogP contribution in [0.5, 0.6) is 0 Å². The summed E-state index contributed by atoms with van der Waals surface area (Å²) in [4.78, 5) is 42.7. The van der Waals surface area contributed by atoms with Crippen LogP contribution in [0.25, 0.3) is 0 Å². The standard InChI is InChI=1S/C40H77O8P/c1-3-5-7-9-11-13-15-17-18-19-20-21-22-23-25-27-29-31-33-35-40(42)48-38(37-47-49(43,44)45)36-46-39(41)34-32-30-28-26-24-16-14-12-10-8-6-4-2/h12,14,38H,3-11,13,15-37H2,1-2H3,(H2,43,44,45)/b14-12+/t38-/m1/s1. The molecular formula is C40H77O8P. The molecule has 8 nitrogen and oxygen atoms in total. The summed E-state index contributed by atoms with van der Waals surface area (Å²) < 4.78 is 26.3. The van der Waals surface area contributed by atoms with E-state index in [9.17, 15) is 14.2 Å². The van der Waals surface area contributed by atoms with Crippen molar-refractivity contribution in [3.8, 4) is 0 Å². The Balaban J connectivity index is 3.87. The Morgan fingerprint density at radius 3 is 1.29 bits per heavy atom. The third-order valence-corrected chi connectivity index (χ3v) is 9.52. The number of unbranched alkanes of at least 4 members (excludes halogenated alkanes) is 26. The van der Waals surface area contributed by atoms with E-state index < -0.39 is 32.5 Å². The molecule has 9 heteroatoms. The molecule has 0 rings (SSSR count). The predicted molar refractivity (Wildman–Crippen MR) is 202 cm³/mol. The summed E-state index contributed by atoms with van der Waals surface area (Å²) in [5.74, 6) is -0.885. The second-order valence-corrected chi connectivity index (χ2v) is 15.2. The first-order chi connectivity index (χ1) is 23.8. The molecule has 0 aromatic heterocycles. The average Bonchev–Trinajstić information content (AvgIpc) is 3.07. The van der Waals surface area contributed by atoms with E-state index in [4.69, 9.17) is 19.3 Å². The molecule has 0 fully saturated rings. The van der Waals surface area contributed by atoms with Crippen molar-refractivity contribution in [2.24, 2.45) is 0 Å². The second kappa shape index (κ2) is 36.6. The minimum Gasteiger partial charge on any atom is -0.462 e. The van der Waals surface area contributed by atoms with Gasteiger partial charge < -0.3 is 19.3 Å². The van der Waals surface area contributed by atoms with Crippen LogP contribution >= 0.6 is 7.82 Å². The van der Waals surface area contributed by atoms with Crippen molar-refractivity contribution >= 4 is 19.8 Å². The molecule has 0 saturated heterocycles. The Labute approximate surface area is 301 Å². The molecular weight excluding hydrogens is 639 g/mol. The van der Waals surface area contributed by atoms with E-state index in [2.05, 4.69) is 30.5 Å². The summed E-state index contributed by atoms with van der Waals surface area (Å²) in [5, 5.41) is 0. The fraction of sp³-hybridized carbons (Fsp3) is 0.900. The van der Waals surface area contributed by atoms with E-state index >= 15 is 0 Å². The smallest absolute Gasteiger partial charge is 0.462 e. The molecule has 0 radical (unpaired) electrons. The van der Waals surface area contributed by atoms with Gasteiger partial charge in [-0.1, -0.05) is 174 Å². The zero-order valence-corrected chi connectivity index (χ0v) is 32.8. The number of hydrogen-bond donors (Lipinski definition) is 2. The van der Waals surface area contributed by atoms with Crippen LogP contribution in [-0.2, 0) is 28.2 Å². The fourth-order valence-corrected chi connectivity index (χ4v) is 6.32. The van der Waals surface area contributed by atoms with E-state index in [0.29, 0.717) is 12.8 Å². The molecule has 49 heavy (non-hydrogen) atoms. The Morgan fingerprint density at radius 2 is 0.857 bits per heavy atom. The molecule has 0 bridgehead atoms. The molecule has 0 aliphatic carbocycles. The van der Waals surface area contributed by atoms with Crippen LogP contribution in [0.15, 0.2) is 12.2 Å². The Kier molecular flexibility index (Phi) is 35.7. The van der Waals surface area contributed by atoms with Crippen molar-refractivity contribution in [3.05, 3.63) is 12.2 Å². The minimum atomic E-state index is -4.75. The Hall–Kier alpha value is -1.21. The van der Waals surface area contributed by atoms with Gasteiger partial charge in [-0.25, -0.2) is 4.57 Å². The normalized spacial score (nSPS) is 12.5. The summed E-state index contributed by atoms with van der Waals surface area (Å²) >= 11 is 0. The number of esters is 2. The minimum absolute atomic E-state index is 0.216. The molecule has 0 unspecified atom stereocenters. The molecule has 1 atom stereocenters. The maximum Gasteiger partial charge on any atom is 0.469 e. The summed E-state index contributed by atoms with van der Waals surface area (Å²) in [6.45, 7) is 3.67. The van der Waals surface area contributed by atoms with Gasteiger partial charge in [0.1, 0.15) is 6.61 Å². The van der Waals surface area contributed by atoms with Crippen LogP contribution in [0.3, 0.4) is 0 Å². The van der Waals surface area contributed by atoms with Crippen LogP contribution < -0.4 is 0 Å². The van der Waals surface area contributed by atoms with Gasteiger partial charge in [-0.3, -0.25) is 14.1 Å². The monoisotopic (exact) mass is 717 g/mol. The third-order valence-electron chi connectivity index (χ3n) is 9.03. The molecule has 2 N–H and O–H groups in total. The highest BCUT2D eigenvalue weighted by Gasteiger charge is 2.22. The number of phosphoric ester groups is 1. The molecule has 0 saturated carbocycles. The van der Waals surface area contributed by atoms with Gasteiger partial charge in [-0.15, -0.1) is 0 Å². The molecule has 0 aliphatic rings. The lowest BCUT2D eigenvalue weighted by atomic mass is 10.0. The topological polar surface area (TPSA) is 119 Å².